The lowest BCUT2D eigenvalue weighted by Gasteiger charge is -1.98. The minimum atomic E-state index is 0.797. The number of anilines is 1. The topological polar surface area (TPSA) is 46.5 Å². The van der Waals surface area contributed by atoms with Crippen molar-refractivity contribution in [3.8, 4) is 16.3 Å². The van der Waals surface area contributed by atoms with Crippen LogP contribution in [-0.2, 0) is 0 Å². The summed E-state index contributed by atoms with van der Waals surface area (Å²) in [6.07, 6.45) is 1.76. The highest BCUT2D eigenvalue weighted by Crippen LogP contribution is 2.32. The molecule has 1 aromatic carbocycles. The van der Waals surface area contributed by atoms with Gasteiger partial charge in [0.2, 0.25) is 5.13 Å². The van der Waals surface area contributed by atoms with E-state index in [1.807, 2.05) is 30.3 Å². The van der Waals surface area contributed by atoms with Gasteiger partial charge in [0, 0.05) is 4.88 Å². The van der Waals surface area contributed by atoms with Gasteiger partial charge in [0.05, 0.1) is 23.9 Å². The van der Waals surface area contributed by atoms with Gasteiger partial charge in [-0.1, -0.05) is 6.07 Å². The number of nitrogens with one attached hydrogen (secondary N) is 1. The lowest BCUT2D eigenvalue weighted by Crippen LogP contribution is -1.90. The van der Waals surface area contributed by atoms with Crippen LogP contribution in [-0.4, -0.2) is 18.3 Å². The lowest BCUT2D eigenvalue weighted by molar-refractivity contribution is 0.415. The summed E-state index contributed by atoms with van der Waals surface area (Å²) >= 11 is 3.30. The standard InChI is InChI=1S/C16H15N3OS2/c1-11-15(14-4-3-9-21-14)18-16(22-11)19-17-10-12-5-7-13(20-2)8-6-12/h3-10H,1-2H3,(H,18,19)/b17-10-. The maximum atomic E-state index is 5.13. The van der Waals surface area contributed by atoms with Crippen LogP contribution < -0.4 is 10.2 Å². The monoisotopic (exact) mass is 329 g/mol. The highest BCUT2D eigenvalue weighted by molar-refractivity contribution is 7.17. The van der Waals surface area contributed by atoms with Gasteiger partial charge in [-0.15, -0.1) is 22.7 Å². The zero-order valence-electron chi connectivity index (χ0n) is 12.2. The van der Waals surface area contributed by atoms with Gasteiger partial charge >= 0.3 is 0 Å². The Morgan fingerprint density at radius 3 is 2.73 bits per heavy atom. The average molecular weight is 329 g/mol. The van der Waals surface area contributed by atoms with E-state index in [1.54, 1.807) is 36.0 Å². The molecule has 2 heterocycles. The molecule has 112 valence electrons. The molecule has 0 radical (unpaired) electrons. The van der Waals surface area contributed by atoms with Crippen LogP contribution >= 0.6 is 22.7 Å². The second kappa shape index (κ2) is 6.72. The SMILES string of the molecule is COc1ccc(/C=N\Nc2nc(-c3cccs3)c(C)s2)cc1. The first-order chi connectivity index (χ1) is 10.8. The van der Waals surface area contributed by atoms with E-state index in [1.165, 1.54) is 9.75 Å². The van der Waals surface area contributed by atoms with Gasteiger partial charge < -0.3 is 4.74 Å². The summed E-state index contributed by atoms with van der Waals surface area (Å²) < 4.78 is 5.13. The molecule has 0 amide bonds. The number of thiophene rings is 1. The Morgan fingerprint density at radius 1 is 1.23 bits per heavy atom. The average Bonchev–Trinajstić information content (AvgIpc) is 3.17. The van der Waals surface area contributed by atoms with E-state index in [9.17, 15) is 0 Å². The van der Waals surface area contributed by atoms with Crippen LogP contribution in [0.15, 0.2) is 46.9 Å². The summed E-state index contributed by atoms with van der Waals surface area (Å²) in [5.41, 5.74) is 5.02. The Kier molecular flexibility index (Phi) is 4.50. The first-order valence-corrected chi connectivity index (χ1v) is 8.40. The number of nitrogens with zero attached hydrogens (tertiary/aromatic N) is 2. The van der Waals surface area contributed by atoms with Crippen molar-refractivity contribution in [3.05, 3.63) is 52.2 Å². The molecule has 0 spiro atoms. The van der Waals surface area contributed by atoms with E-state index in [0.29, 0.717) is 0 Å². The molecule has 0 fully saturated rings. The molecule has 0 saturated heterocycles. The van der Waals surface area contributed by atoms with E-state index in [0.717, 1.165) is 22.1 Å². The van der Waals surface area contributed by atoms with E-state index in [4.69, 9.17) is 4.74 Å². The molecule has 1 N–H and O–H groups in total. The van der Waals surface area contributed by atoms with E-state index in [2.05, 4.69) is 33.9 Å². The fourth-order valence-electron chi connectivity index (χ4n) is 1.94. The van der Waals surface area contributed by atoms with Crippen LogP contribution in [0.25, 0.3) is 10.6 Å². The maximum absolute atomic E-state index is 5.13. The summed E-state index contributed by atoms with van der Waals surface area (Å²) in [5.74, 6) is 0.834. The van der Waals surface area contributed by atoms with Crippen LogP contribution in [0.2, 0.25) is 0 Å². The predicted octanol–water partition coefficient (Wildman–Crippen LogP) is 4.63. The van der Waals surface area contributed by atoms with Gasteiger partial charge in [-0.2, -0.15) is 5.10 Å². The van der Waals surface area contributed by atoms with Crippen molar-refractivity contribution in [3.63, 3.8) is 0 Å². The third-order valence-corrected chi connectivity index (χ3v) is 4.79. The zero-order chi connectivity index (χ0) is 15.4. The van der Waals surface area contributed by atoms with Gasteiger partial charge in [0.25, 0.3) is 0 Å². The van der Waals surface area contributed by atoms with E-state index < -0.39 is 0 Å². The second-order valence-corrected chi connectivity index (χ2v) is 6.70. The largest absolute Gasteiger partial charge is 0.497 e. The molecule has 0 aliphatic carbocycles. The molecule has 0 aliphatic rings. The summed E-state index contributed by atoms with van der Waals surface area (Å²) in [7, 11) is 1.65. The molecular formula is C16H15N3OS2. The number of rotatable bonds is 5. The van der Waals surface area contributed by atoms with Crippen LogP contribution in [0.4, 0.5) is 5.13 Å². The number of hydrazone groups is 1. The third-order valence-electron chi connectivity index (χ3n) is 3.04. The summed E-state index contributed by atoms with van der Waals surface area (Å²) in [4.78, 5) is 6.96. The number of methoxy groups -OCH3 is 1. The minimum absolute atomic E-state index is 0.797. The van der Waals surface area contributed by atoms with Crippen LogP contribution in [0.5, 0.6) is 5.75 Å². The molecule has 22 heavy (non-hydrogen) atoms. The first-order valence-electron chi connectivity index (χ1n) is 6.70. The first kappa shape index (κ1) is 14.7. The van der Waals surface area contributed by atoms with E-state index >= 15 is 0 Å². The molecule has 2 aromatic heterocycles. The minimum Gasteiger partial charge on any atom is -0.497 e. The molecule has 0 bridgehead atoms. The second-order valence-electron chi connectivity index (χ2n) is 4.54. The predicted molar refractivity (Wildman–Crippen MR) is 94.4 cm³/mol. The van der Waals surface area contributed by atoms with Crippen molar-refractivity contribution in [2.75, 3.05) is 12.5 Å². The van der Waals surface area contributed by atoms with Gasteiger partial charge in [-0.25, -0.2) is 4.98 Å². The number of hydrogen-bond donors (Lipinski definition) is 1. The fourth-order valence-corrected chi connectivity index (χ4v) is 3.55. The van der Waals surface area contributed by atoms with Crippen LogP contribution in [0.1, 0.15) is 10.4 Å². The van der Waals surface area contributed by atoms with Crippen LogP contribution in [0.3, 0.4) is 0 Å². The highest BCUT2D eigenvalue weighted by Gasteiger charge is 2.09. The number of aryl methyl sites for hydroxylation is 1. The molecule has 3 aromatic rings. The summed E-state index contributed by atoms with van der Waals surface area (Å²) in [6.45, 7) is 2.07. The molecule has 0 atom stereocenters. The fraction of sp³-hybridized carbons (Fsp3) is 0.125. The Balaban J connectivity index is 1.68. The summed E-state index contributed by atoms with van der Waals surface area (Å²) in [5, 5.41) is 7.09. The Bertz CT molecular complexity index is 761. The van der Waals surface area contributed by atoms with Gasteiger partial charge in [0.1, 0.15) is 5.75 Å². The van der Waals surface area contributed by atoms with Gasteiger partial charge in [0.15, 0.2) is 0 Å². The number of thiazole rings is 1. The third kappa shape index (κ3) is 3.35. The van der Waals surface area contributed by atoms with Crippen molar-refractivity contribution in [2.45, 2.75) is 6.92 Å². The van der Waals surface area contributed by atoms with Gasteiger partial charge in [-0.3, -0.25) is 5.43 Å². The quantitative estimate of drug-likeness (QED) is 0.548. The zero-order valence-corrected chi connectivity index (χ0v) is 13.9. The number of benzene rings is 1. The molecule has 6 heteroatoms. The van der Waals surface area contributed by atoms with Gasteiger partial charge in [-0.05, 0) is 48.2 Å². The molecule has 0 unspecified atom stereocenters. The Hall–Kier alpha value is -2.18. The van der Waals surface area contributed by atoms with Crippen molar-refractivity contribution < 1.29 is 4.74 Å². The van der Waals surface area contributed by atoms with E-state index in [-0.39, 0.29) is 0 Å². The van der Waals surface area contributed by atoms with Crippen molar-refractivity contribution in [2.24, 2.45) is 5.10 Å². The van der Waals surface area contributed by atoms with Crippen molar-refractivity contribution in [1.29, 1.82) is 0 Å². The summed E-state index contributed by atoms with van der Waals surface area (Å²) in [6, 6.07) is 11.8. The molecule has 3 rings (SSSR count). The van der Waals surface area contributed by atoms with Crippen molar-refractivity contribution >= 4 is 34.0 Å². The number of hydrogen-bond acceptors (Lipinski definition) is 6. The molecule has 0 aliphatic heterocycles. The highest BCUT2D eigenvalue weighted by atomic mass is 32.1. The molecule has 4 nitrogen and oxygen atoms in total. The van der Waals surface area contributed by atoms with Crippen LogP contribution in [0, 0.1) is 6.92 Å². The smallest absolute Gasteiger partial charge is 0.204 e. The Labute approximate surface area is 137 Å². The number of ether oxygens (including phenoxy) is 1. The van der Waals surface area contributed by atoms with Crippen molar-refractivity contribution in [1.82, 2.24) is 4.98 Å². The lowest BCUT2D eigenvalue weighted by atomic mass is 10.2. The normalized spacial score (nSPS) is 11.0. The number of aromatic nitrogens is 1. The molecule has 0 saturated carbocycles. The Morgan fingerprint density at radius 2 is 2.05 bits per heavy atom. The molecular weight excluding hydrogens is 314 g/mol. The maximum Gasteiger partial charge on any atom is 0.204 e.